The summed E-state index contributed by atoms with van der Waals surface area (Å²) in [4.78, 5) is 58.4. The van der Waals surface area contributed by atoms with Gasteiger partial charge in [-0.3, -0.25) is 23.7 Å². The van der Waals surface area contributed by atoms with Crippen molar-refractivity contribution in [1.82, 2.24) is 0 Å². The van der Waals surface area contributed by atoms with E-state index >= 15 is 0 Å². The van der Waals surface area contributed by atoms with Crippen LogP contribution in [0.5, 0.6) is 11.5 Å². The molecule has 0 radical (unpaired) electrons. The smallest absolute Gasteiger partial charge is 0.420 e. The summed E-state index contributed by atoms with van der Waals surface area (Å²) < 4.78 is 116. The Labute approximate surface area is 302 Å². The number of ether oxygens (including phenoxy) is 8. The number of esters is 5. The first-order valence-electron chi connectivity index (χ1n) is 14.9. The van der Waals surface area contributed by atoms with Gasteiger partial charge in [0.25, 0.3) is 10.1 Å². The predicted molar refractivity (Wildman–Crippen MR) is 168 cm³/mol. The molecular formula is C31H32BrF3O16S. The number of benzene rings is 2. The lowest BCUT2D eigenvalue weighted by Crippen LogP contribution is -2.63. The minimum Gasteiger partial charge on any atom is -0.482 e. The maximum absolute atomic E-state index is 13.6. The van der Waals surface area contributed by atoms with Crippen molar-refractivity contribution in [2.45, 2.75) is 75.9 Å². The zero-order chi connectivity index (χ0) is 39.0. The van der Waals surface area contributed by atoms with Crippen molar-refractivity contribution in [3.63, 3.8) is 0 Å². The van der Waals surface area contributed by atoms with Crippen molar-refractivity contribution in [3.05, 3.63) is 52.0 Å². The van der Waals surface area contributed by atoms with E-state index in [4.69, 9.17) is 33.2 Å². The van der Waals surface area contributed by atoms with Crippen LogP contribution in [-0.4, -0.2) is 93.3 Å². The zero-order valence-electron chi connectivity index (χ0n) is 27.7. The standard InChI is InChI=1S/C31H32BrF3O16S/c1-15(36)45-13-23-27(47-16(2)37)28(48-17(3)38)29(49-18(4)39)30(50-23)44-10-9-19-5-7-21(8-6-19)46-14-25(40)51-26-22(31(33,34)35)11-20(32)12-24(26)52(41,42)43/h5-8,11-12,23,27-30H,9-10,13-14H2,1-4H3,(H,41,42,43)/t23-,27-,28+,29-,30-/m1/s1. The van der Waals surface area contributed by atoms with E-state index in [0.29, 0.717) is 17.7 Å². The molecule has 1 N–H and O–H groups in total. The van der Waals surface area contributed by atoms with Crippen LogP contribution in [0.2, 0.25) is 0 Å². The Kier molecular flexibility index (Phi) is 14.5. The molecule has 0 saturated carbocycles. The lowest BCUT2D eigenvalue weighted by molar-refractivity contribution is -0.307. The van der Waals surface area contributed by atoms with Crippen molar-refractivity contribution >= 4 is 55.9 Å². The molecule has 1 saturated heterocycles. The number of carbonyl (C=O) groups is 5. The Morgan fingerprint density at radius 2 is 1.44 bits per heavy atom. The van der Waals surface area contributed by atoms with Gasteiger partial charge in [0, 0.05) is 32.2 Å². The van der Waals surface area contributed by atoms with Crippen LogP contribution < -0.4 is 9.47 Å². The van der Waals surface area contributed by atoms with Crippen molar-refractivity contribution in [3.8, 4) is 11.5 Å². The molecule has 16 nitrogen and oxygen atoms in total. The summed E-state index contributed by atoms with van der Waals surface area (Å²) >= 11 is 2.73. The Bertz CT molecular complexity index is 1750. The molecule has 2 aromatic carbocycles. The van der Waals surface area contributed by atoms with Crippen molar-refractivity contribution in [2.24, 2.45) is 0 Å². The summed E-state index contributed by atoms with van der Waals surface area (Å²) in [6, 6.07) is 6.94. The van der Waals surface area contributed by atoms with E-state index < -0.39 is 106 Å². The molecule has 52 heavy (non-hydrogen) atoms. The maximum Gasteiger partial charge on any atom is 0.420 e. The van der Waals surface area contributed by atoms with Crippen molar-refractivity contribution < 1.29 is 88.0 Å². The number of carbonyl (C=O) groups excluding carboxylic acids is 5. The molecule has 1 aliphatic heterocycles. The van der Waals surface area contributed by atoms with Gasteiger partial charge in [-0.2, -0.15) is 21.6 Å². The van der Waals surface area contributed by atoms with Gasteiger partial charge in [-0.05, 0) is 36.2 Å². The fourth-order valence-corrected chi connectivity index (χ4v) is 6.00. The highest BCUT2D eigenvalue weighted by atomic mass is 79.9. The van der Waals surface area contributed by atoms with Crippen LogP contribution in [0.25, 0.3) is 0 Å². The highest BCUT2D eigenvalue weighted by Crippen LogP contribution is 2.42. The second-order valence-corrected chi connectivity index (χ2v) is 13.2. The quantitative estimate of drug-likeness (QED) is 0.125. The Hall–Kier alpha value is -4.31. The minimum absolute atomic E-state index is 0.0584. The van der Waals surface area contributed by atoms with Gasteiger partial charge in [0.15, 0.2) is 37.0 Å². The Morgan fingerprint density at radius 3 is 1.98 bits per heavy atom. The number of alkyl halides is 3. The first-order chi connectivity index (χ1) is 24.1. The first-order valence-corrected chi connectivity index (χ1v) is 17.1. The molecule has 0 aliphatic carbocycles. The number of halogens is 4. The molecule has 2 aromatic rings. The second-order valence-electron chi connectivity index (χ2n) is 10.8. The highest BCUT2D eigenvalue weighted by Gasteiger charge is 2.52. The molecule has 0 unspecified atom stereocenters. The summed E-state index contributed by atoms with van der Waals surface area (Å²) in [7, 11) is -5.25. The minimum atomic E-state index is -5.25. The second kappa shape index (κ2) is 17.9. The molecule has 3 rings (SSSR count). The van der Waals surface area contributed by atoms with Crippen LogP contribution in [-0.2, 0) is 75.1 Å². The Balaban J connectivity index is 1.69. The molecule has 0 bridgehead atoms. The van der Waals surface area contributed by atoms with E-state index in [1.807, 2.05) is 0 Å². The van der Waals surface area contributed by atoms with Gasteiger partial charge in [-0.1, -0.05) is 28.1 Å². The largest absolute Gasteiger partial charge is 0.482 e. The van der Waals surface area contributed by atoms with Crippen LogP contribution >= 0.6 is 15.9 Å². The summed E-state index contributed by atoms with van der Waals surface area (Å²) in [6.07, 6.45) is -11.8. The molecular weight excluding hydrogens is 797 g/mol. The molecule has 5 atom stereocenters. The van der Waals surface area contributed by atoms with Gasteiger partial charge in [-0.15, -0.1) is 0 Å². The van der Waals surface area contributed by atoms with Gasteiger partial charge in [0.2, 0.25) is 0 Å². The molecule has 0 amide bonds. The lowest BCUT2D eigenvalue weighted by atomic mass is 9.98. The van der Waals surface area contributed by atoms with Crippen LogP contribution in [0, 0.1) is 0 Å². The van der Waals surface area contributed by atoms with E-state index in [0.717, 1.165) is 27.7 Å². The molecule has 1 fully saturated rings. The van der Waals surface area contributed by atoms with E-state index in [1.165, 1.54) is 24.3 Å². The topological polar surface area (TPSA) is 214 Å². The van der Waals surface area contributed by atoms with Crippen LogP contribution in [0.3, 0.4) is 0 Å². The van der Waals surface area contributed by atoms with E-state index in [-0.39, 0.29) is 23.2 Å². The molecule has 1 aliphatic rings. The number of hydrogen-bond donors (Lipinski definition) is 1. The summed E-state index contributed by atoms with van der Waals surface area (Å²) in [5, 5.41) is 0. The normalized spacial score (nSPS) is 20.3. The molecule has 286 valence electrons. The summed E-state index contributed by atoms with van der Waals surface area (Å²) in [5.74, 6) is -5.90. The zero-order valence-corrected chi connectivity index (χ0v) is 30.1. The average Bonchev–Trinajstić information content (AvgIpc) is 3.01. The van der Waals surface area contributed by atoms with E-state index in [1.54, 1.807) is 0 Å². The van der Waals surface area contributed by atoms with Crippen LogP contribution in [0.4, 0.5) is 13.2 Å². The van der Waals surface area contributed by atoms with E-state index in [9.17, 15) is 50.1 Å². The third kappa shape index (κ3) is 12.4. The monoisotopic (exact) mass is 828 g/mol. The van der Waals surface area contributed by atoms with Gasteiger partial charge in [0.1, 0.15) is 28.9 Å². The van der Waals surface area contributed by atoms with Gasteiger partial charge >= 0.3 is 36.0 Å². The first kappa shape index (κ1) is 42.1. The van der Waals surface area contributed by atoms with Gasteiger partial charge in [-0.25, -0.2) is 4.79 Å². The van der Waals surface area contributed by atoms with Crippen LogP contribution in [0.15, 0.2) is 45.8 Å². The average molecular weight is 830 g/mol. The molecule has 1 heterocycles. The van der Waals surface area contributed by atoms with Crippen LogP contribution in [0.1, 0.15) is 38.8 Å². The van der Waals surface area contributed by atoms with E-state index in [2.05, 4.69) is 20.7 Å². The van der Waals surface area contributed by atoms with Crippen molar-refractivity contribution in [1.29, 1.82) is 0 Å². The SMILES string of the molecule is CC(=O)OC[C@H]1O[C@@H](OCCc2ccc(OCC(=O)Oc3c(C(F)(F)F)cc(Br)cc3S(=O)(=O)O)cc2)[C@H](OC(C)=O)[C@@H](OC(C)=O)[C@@H]1OC(C)=O. The number of hydrogen-bond acceptors (Lipinski definition) is 15. The fraction of sp³-hybridized carbons (Fsp3) is 0.452. The highest BCUT2D eigenvalue weighted by molar-refractivity contribution is 9.10. The summed E-state index contributed by atoms with van der Waals surface area (Å²) in [5.41, 5.74) is -1.03. The fourth-order valence-electron chi connectivity index (χ4n) is 4.73. The van der Waals surface area contributed by atoms with Gasteiger partial charge < -0.3 is 37.9 Å². The molecule has 0 aromatic heterocycles. The molecule has 0 spiro atoms. The lowest BCUT2D eigenvalue weighted by Gasteiger charge is -2.44. The van der Waals surface area contributed by atoms with Gasteiger partial charge in [0.05, 0.1) is 6.61 Å². The number of rotatable bonds is 14. The maximum atomic E-state index is 13.6. The predicted octanol–water partition coefficient (Wildman–Crippen LogP) is 3.34. The molecule has 21 heteroatoms. The third-order valence-corrected chi connectivity index (χ3v) is 8.04. The Morgan fingerprint density at radius 1 is 0.865 bits per heavy atom. The van der Waals surface area contributed by atoms with Crippen molar-refractivity contribution in [2.75, 3.05) is 19.8 Å². The summed E-state index contributed by atoms with van der Waals surface area (Å²) in [6.45, 7) is 2.86. The third-order valence-electron chi connectivity index (χ3n) is 6.72.